The molecule has 36 heavy (non-hydrogen) atoms. The molecule has 0 atom stereocenters. The third-order valence-electron chi connectivity index (χ3n) is 6.90. The van der Waals surface area contributed by atoms with E-state index in [-0.39, 0.29) is 23.6 Å². The molecule has 7 heteroatoms. The zero-order valence-corrected chi connectivity index (χ0v) is 19.7. The monoisotopic (exact) mass is 479 g/mol. The summed E-state index contributed by atoms with van der Waals surface area (Å²) in [4.78, 5) is 33.4. The maximum absolute atomic E-state index is 12.9. The van der Waals surface area contributed by atoms with Crippen molar-refractivity contribution in [1.29, 1.82) is 0 Å². The van der Waals surface area contributed by atoms with Crippen molar-refractivity contribution in [2.75, 3.05) is 37.7 Å². The van der Waals surface area contributed by atoms with E-state index in [1.54, 1.807) is 17.0 Å². The number of aromatic nitrogens is 1. The Labute approximate surface area is 208 Å². The molecule has 3 aromatic carbocycles. The molecule has 1 amide bonds. The predicted octanol–water partition coefficient (Wildman–Crippen LogP) is 4.98. The number of anilines is 1. The molecule has 2 aliphatic rings. The van der Waals surface area contributed by atoms with Crippen LogP contribution in [-0.4, -0.2) is 54.5 Å². The summed E-state index contributed by atoms with van der Waals surface area (Å²) in [6, 6.07) is 26.0. The molecule has 0 saturated carbocycles. The molecule has 4 aromatic rings. The largest absolute Gasteiger partial charge is 0.448 e. The van der Waals surface area contributed by atoms with E-state index in [0.29, 0.717) is 44.4 Å². The molecule has 2 heterocycles. The number of carbonyl (C=O) groups is 2. The number of fused-ring (bicyclic) bond motifs is 3. The molecule has 1 aliphatic heterocycles. The summed E-state index contributed by atoms with van der Waals surface area (Å²) in [5, 5.41) is 0. The summed E-state index contributed by atoms with van der Waals surface area (Å²) >= 11 is 0. The van der Waals surface area contributed by atoms with Crippen LogP contribution in [0.4, 0.5) is 10.8 Å². The Balaban J connectivity index is 1.06. The van der Waals surface area contributed by atoms with Crippen molar-refractivity contribution in [3.63, 3.8) is 0 Å². The number of ketones is 1. The van der Waals surface area contributed by atoms with Crippen molar-refractivity contribution in [1.82, 2.24) is 9.88 Å². The lowest BCUT2D eigenvalue weighted by Gasteiger charge is -2.33. The highest BCUT2D eigenvalue weighted by atomic mass is 16.6. The zero-order chi connectivity index (χ0) is 24.5. The zero-order valence-electron chi connectivity index (χ0n) is 19.7. The summed E-state index contributed by atoms with van der Waals surface area (Å²) in [7, 11) is 0. The van der Waals surface area contributed by atoms with Gasteiger partial charge in [0.2, 0.25) is 5.78 Å². The summed E-state index contributed by atoms with van der Waals surface area (Å²) < 4.78 is 11.5. The van der Waals surface area contributed by atoms with Gasteiger partial charge >= 0.3 is 6.09 Å². The van der Waals surface area contributed by atoms with Crippen molar-refractivity contribution in [2.45, 2.75) is 5.92 Å². The maximum Gasteiger partial charge on any atom is 0.409 e. The molecule has 0 N–H and O–H groups in total. The maximum atomic E-state index is 12.9. The molecule has 1 saturated heterocycles. The van der Waals surface area contributed by atoms with E-state index in [2.05, 4.69) is 29.2 Å². The normalized spacial score (nSPS) is 14.9. The van der Waals surface area contributed by atoms with Crippen LogP contribution in [0.15, 0.2) is 89.5 Å². The van der Waals surface area contributed by atoms with Gasteiger partial charge in [0.05, 0.1) is 6.20 Å². The number of ether oxygens (including phenoxy) is 1. The number of hydrogen-bond acceptors (Lipinski definition) is 6. The number of nitrogens with zero attached hydrogens (tertiary/aromatic N) is 3. The minimum Gasteiger partial charge on any atom is -0.448 e. The first-order valence-electron chi connectivity index (χ1n) is 12.1. The van der Waals surface area contributed by atoms with Gasteiger partial charge < -0.3 is 19.0 Å². The SMILES string of the molecule is O=C(c1ccccc1)c1cnc(N2CCN(C(=O)OCC3c4ccccc4-c4ccccc43)CC2)o1. The highest BCUT2D eigenvalue weighted by Crippen LogP contribution is 2.44. The lowest BCUT2D eigenvalue weighted by molar-refractivity contribution is 0.0972. The van der Waals surface area contributed by atoms with Crippen molar-refractivity contribution in [3.05, 3.63) is 108 Å². The van der Waals surface area contributed by atoms with Gasteiger partial charge in [-0.05, 0) is 22.3 Å². The van der Waals surface area contributed by atoms with Crippen LogP contribution in [-0.2, 0) is 4.74 Å². The van der Waals surface area contributed by atoms with Crippen molar-refractivity contribution in [2.24, 2.45) is 0 Å². The molecule has 1 fully saturated rings. The van der Waals surface area contributed by atoms with E-state index in [4.69, 9.17) is 9.15 Å². The predicted molar refractivity (Wildman–Crippen MR) is 135 cm³/mol. The fourth-order valence-electron chi connectivity index (χ4n) is 5.01. The van der Waals surface area contributed by atoms with Crippen LogP contribution in [0.5, 0.6) is 0 Å². The van der Waals surface area contributed by atoms with E-state index in [1.807, 2.05) is 47.4 Å². The van der Waals surface area contributed by atoms with Gasteiger partial charge in [-0.25, -0.2) is 9.78 Å². The third kappa shape index (κ3) is 4.02. The first-order valence-corrected chi connectivity index (χ1v) is 12.1. The molecular weight excluding hydrogens is 454 g/mol. The topological polar surface area (TPSA) is 75.9 Å². The smallest absolute Gasteiger partial charge is 0.409 e. The van der Waals surface area contributed by atoms with Crippen molar-refractivity contribution < 1.29 is 18.7 Å². The molecule has 7 nitrogen and oxygen atoms in total. The van der Waals surface area contributed by atoms with Crippen LogP contribution in [0.25, 0.3) is 11.1 Å². The number of piperazine rings is 1. The molecule has 0 bridgehead atoms. The first kappa shape index (κ1) is 22.1. The molecule has 1 aliphatic carbocycles. The molecule has 6 rings (SSSR count). The Morgan fingerprint density at radius 2 is 1.44 bits per heavy atom. The average Bonchev–Trinajstić information content (AvgIpc) is 3.56. The third-order valence-corrected chi connectivity index (χ3v) is 6.90. The van der Waals surface area contributed by atoms with Crippen LogP contribution >= 0.6 is 0 Å². The second-order valence-electron chi connectivity index (χ2n) is 8.98. The fraction of sp³-hybridized carbons (Fsp3) is 0.207. The molecule has 0 spiro atoms. The van der Waals surface area contributed by atoms with Gasteiger partial charge in [0.15, 0.2) is 5.76 Å². The van der Waals surface area contributed by atoms with Gasteiger partial charge in [0, 0.05) is 37.7 Å². The van der Waals surface area contributed by atoms with Gasteiger partial charge in [-0.2, -0.15) is 0 Å². The Kier molecular flexibility index (Phi) is 5.73. The Morgan fingerprint density at radius 3 is 2.11 bits per heavy atom. The summed E-state index contributed by atoms with van der Waals surface area (Å²) in [6.07, 6.45) is 1.15. The minimum absolute atomic E-state index is 0.0375. The van der Waals surface area contributed by atoms with E-state index in [9.17, 15) is 9.59 Å². The number of benzene rings is 3. The number of amides is 1. The van der Waals surface area contributed by atoms with Gasteiger partial charge in [-0.1, -0.05) is 78.9 Å². The number of carbonyl (C=O) groups excluding carboxylic acids is 2. The number of hydrogen-bond donors (Lipinski definition) is 0. The fourth-order valence-corrected chi connectivity index (χ4v) is 5.01. The summed E-state index contributed by atoms with van der Waals surface area (Å²) in [5.74, 6) is 0.0392. The lowest BCUT2D eigenvalue weighted by atomic mass is 9.98. The van der Waals surface area contributed by atoms with Crippen LogP contribution in [0.1, 0.15) is 33.2 Å². The quantitative estimate of drug-likeness (QED) is 0.376. The van der Waals surface area contributed by atoms with Crippen molar-refractivity contribution >= 4 is 17.9 Å². The Morgan fingerprint density at radius 1 is 0.833 bits per heavy atom. The molecule has 1 aromatic heterocycles. The molecule has 0 unspecified atom stereocenters. The van der Waals surface area contributed by atoms with Crippen LogP contribution in [0.2, 0.25) is 0 Å². The van der Waals surface area contributed by atoms with E-state index in [1.165, 1.54) is 28.5 Å². The van der Waals surface area contributed by atoms with E-state index < -0.39 is 0 Å². The minimum atomic E-state index is -0.316. The van der Waals surface area contributed by atoms with E-state index in [0.717, 1.165) is 0 Å². The van der Waals surface area contributed by atoms with Gasteiger partial charge in [0.25, 0.3) is 6.01 Å². The average molecular weight is 480 g/mol. The van der Waals surface area contributed by atoms with Crippen molar-refractivity contribution in [3.8, 4) is 11.1 Å². The lowest BCUT2D eigenvalue weighted by Crippen LogP contribution is -2.49. The first-order chi connectivity index (χ1) is 17.7. The Bertz CT molecular complexity index is 1360. The van der Waals surface area contributed by atoms with Crippen LogP contribution in [0, 0.1) is 0 Å². The summed E-state index contributed by atoms with van der Waals surface area (Å²) in [5.41, 5.74) is 5.36. The number of oxazole rings is 1. The van der Waals surface area contributed by atoms with Gasteiger partial charge in [-0.3, -0.25) is 4.79 Å². The second-order valence-corrected chi connectivity index (χ2v) is 8.98. The number of rotatable bonds is 5. The Hall–Kier alpha value is -4.39. The highest BCUT2D eigenvalue weighted by molar-refractivity contribution is 6.07. The highest BCUT2D eigenvalue weighted by Gasteiger charge is 2.31. The molecular formula is C29H25N3O4. The van der Waals surface area contributed by atoms with E-state index >= 15 is 0 Å². The van der Waals surface area contributed by atoms with Crippen LogP contribution < -0.4 is 4.90 Å². The summed E-state index contributed by atoms with van der Waals surface area (Å²) in [6.45, 7) is 2.37. The second kappa shape index (κ2) is 9.34. The van der Waals surface area contributed by atoms with Crippen LogP contribution in [0.3, 0.4) is 0 Å². The molecule has 0 radical (unpaired) electrons. The van der Waals surface area contributed by atoms with Gasteiger partial charge in [-0.15, -0.1) is 0 Å². The standard InChI is InChI=1S/C29H25N3O4/c33-27(20-8-2-1-3-9-20)26-18-30-28(36-26)31-14-16-32(17-15-31)29(34)35-19-25-23-12-6-4-10-21(23)22-11-5-7-13-24(22)25/h1-13,18,25H,14-17,19H2. The molecule has 180 valence electrons. The van der Waals surface area contributed by atoms with Gasteiger partial charge in [0.1, 0.15) is 6.61 Å².